The summed E-state index contributed by atoms with van der Waals surface area (Å²) in [5.74, 6) is 1.43. The van der Waals surface area contributed by atoms with E-state index in [0.29, 0.717) is 5.82 Å². The maximum Gasteiger partial charge on any atom is 0.215 e. The quantitative estimate of drug-likeness (QED) is 0.699. The Kier molecular flexibility index (Phi) is 3.71. The molecular formula is C14H18N6. The first-order valence-electron chi connectivity index (χ1n) is 7.09. The molecular weight excluding hydrogens is 252 g/mol. The molecule has 0 unspecified atom stereocenters. The van der Waals surface area contributed by atoms with Crippen molar-refractivity contribution >= 4 is 11.0 Å². The summed E-state index contributed by atoms with van der Waals surface area (Å²) in [5.41, 5.74) is 2.12. The Morgan fingerprint density at radius 1 is 1.15 bits per heavy atom. The van der Waals surface area contributed by atoms with Gasteiger partial charge in [0.15, 0.2) is 5.82 Å². The van der Waals surface area contributed by atoms with Crippen LogP contribution in [0, 0.1) is 0 Å². The van der Waals surface area contributed by atoms with E-state index in [1.54, 1.807) is 0 Å². The minimum Gasteiger partial charge on any atom is -0.321 e. The van der Waals surface area contributed by atoms with E-state index in [-0.39, 0.29) is 0 Å². The Hall–Kier alpha value is -2.24. The lowest BCUT2D eigenvalue weighted by atomic mass is 10.2. The minimum absolute atomic E-state index is 0.622. The van der Waals surface area contributed by atoms with E-state index in [4.69, 9.17) is 0 Å². The number of nitrogens with zero attached hydrogens (tertiary/aromatic N) is 5. The second-order valence-corrected chi connectivity index (χ2v) is 4.89. The number of aromatic nitrogens is 6. The van der Waals surface area contributed by atoms with Crippen molar-refractivity contribution in [1.82, 2.24) is 30.2 Å². The van der Waals surface area contributed by atoms with Crippen LogP contribution in [0.25, 0.3) is 22.7 Å². The van der Waals surface area contributed by atoms with Crippen LogP contribution >= 0.6 is 0 Å². The third-order valence-corrected chi connectivity index (χ3v) is 3.45. The molecule has 0 saturated carbocycles. The summed E-state index contributed by atoms with van der Waals surface area (Å²) in [5, 5.41) is 14.1. The highest BCUT2D eigenvalue weighted by molar-refractivity contribution is 5.79. The Labute approximate surface area is 117 Å². The van der Waals surface area contributed by atoms with Crippen molar-refractivity contribution in [1.29, 1.82) is 0 Å². The van der Waals surface area contributed by atoms with Crippen LogP contribution in [-0.2, 0) is 6.54 Å². The number of fused-ring (bicyclic) bond motifs is 1. The van der Waals surface area contributed by atoms with Crippen LogP contribution < -0.4 is 0 Å². The molecule has 0 aliphatic heterocycles. The maximum absolute atomic E-state index is 4.64. The fourth-order valence-electron chi connectivity index (χ4n) is 2.43. The first-order chi connectivity index (χ1) is 9.90. The molecule has 0 bridgehead atoms. The molecule has 0 amide bonds. The lowest BCUT2D eigenvalue weighted by Gasteiger charge is -2.07. The molecule has 3 rings (SSSR count). The number of benzene rings is 1. The Bertz CT molecular complexity index is 670. The zero-order valence-corrected chi connectivity index (χ0v) is 11.6. The van der Waals surface area contributed by atoms with E-state index >= 15 is 0 Å². The minimum atomic E-state index is 0.622. The molecule has 6 nitrogen and oxygen atoms in total. The van der Waals surface area contributed by atoms with E-state index in [0.717, 1.165) is 29.8 Å². The molecule has 0 saturated heterocycles. The van der Waals surface area contributed by atoms with E-state index in [2.05, 4.69) is 43.2 Å². The zero-order chi connectivity index (χ0) is 13.8. The summed E-state index contributed by atoms with van der Waals surface area (Å²) < 4.78 is 2.20. The van der Waals surface area contributed by atoms with Gasteiger partial charge in [-0.1, -0.05) is 38.3 Å². The largest absolute Gasteiger partial charge is 0.321 e. The van der Waals surface area contributed by atoms with Crippen LogP contribution in [0.1, 0.15) is 32.6 Å². The second kappa shape index (κ2) is 5.81. The molecule has 0 aliphatic rings. The van der Waals surface area contributed by atoms with Gasteiger partial charge < -0.3 is 4.57 Å². The maximum atomic E-state index is 4.64. The summed E-state index contributed by atoms with van der Waals surface area (Å²) in [6.07, 6.45) is 4.88. The Morgan fingerprint density at radius 2 is 2.05 bits per heavy atom. The van der Waals surface area contributed by atoms with Gasteiger partial charge in [0.05, 0.1) is 11.0 Å². The van der Waals surface area contributed by atoms with Gasteiger partial charge in [0, 0.05) is 6.54 Å². The molecule has 104 valence electrons. The van der Waals surface area contributed by atoms with E-state index in [1.165, 1.54) is 19.3 Å². The number of rotatable bonds is 6. The standard InChI is InChI=1S/C14H18N6/c1-2-3-4-7-10-20-12-9-6-5-8-11(12)15-14(20)13-16-18-19-17-13/h5-6,8-9H,2-4,7,10H2,1H3,(H,16,17,18,19). The van der Waals surface area contributed by atoms with Gasteiger partial charge in [-0.25, -0.2) is 10.1 Å². The number of hydrogen-bond donors (Lipinski definition) is 1. The summed E-state index contributed by atoms with van der Waals surface area (Å²) in [7, 11) is 0. The molecule has 6 heteroatoms. The third-order valence-electron chi connectivity index (χ3n) is 3.45. The smallest absolute Gasteiger partial charge is 0.215 e. The fraction of sp³-hybridized carbons (Fsp3) is 0.429. The van der Waals surface area contributed by atoms with Crippen LogP contribution in [0.15, 0.2) is 24.3 Å². The lowest BCUT2D eigenvalue weighted by Crippen LogP contribution is -2.02. The van der Waals surface area contributed by atoms with Crippen molar-refractivity contribution in [3.63, 3.8) is 0 Å². The van der Waals surface area contributed by atoms with Crippen molar-refractivity contribution in [2.24, 2.45) is 0 Å². The number of imidazole rings is 1. The van der Waals surface area contributed by atoms with Gasteiger partial charge in [-0.3, -0.25) is 0 Å². The van der Waals surface area contributed by atoms with Crippen molar-refractivity contribution in [2.45, 2.75) is 39.2 Å². The molecule has 0 fully saturated rings. The summed E-state index contributed by atoms with van der Waals surface area (Å²) in [4.78, 5) is 4.64. The topological polar surface area (TPSA) is 72.3 Å². The molecule has 3 aromatic rings. The molecule has 1 aromatic carbocycles. The number of aromatic amines is 1. The SMILES string of the molecule is CCCCCCn1c(-c2nnn[nH]2)nc2ccccc21. The van der Waals surface area contributed by atoms with Crippen molar-refractivity contribution < 1.29 is 0 Å². The zero-order valence-electron chi connectivity index (χ0n) is 11.6. The van der Waals surface area contributed by atoms with Crippen LogP contribution in [0.2, 0.25) is 0 Å². The van der Waals surface area contributed by atoms with Crippen LogP contribution in [0.3, 0.4) is 0 Å². The highest BCUT2D eigenvalue weighted by Crippen LogP contribution is 2.22. The van der Waals surface area contributed by atoms with E-state index in [1.807, 2.05) is 18.2 Å². The molecule has 20 heavy (non-hydrogen) atoms. The number of hydrogen-bond acceptors (Lipinski definition) is 4. The highest BCUT2D eigenvalue weighted by Gasteiger charge is 2.14. The molecule has 0 spiro atoms. The number of nitrogens with one attached hydrogen (secondary N) is 1. The monoisotopic (exact) mass is 270 g/mol. The van der Waals surface area contributed by atoms with Crippen LogP contribution in [0.4, 0.5) is 0 Å². The van der Waals surface area contributed by atoms with Gasteiger partial charge in [0.25, 0.3) is 0 Å². The number of tetrazole rings is 1. The van der Waals surface area contributed by atoms with E-state index in [9.17, 15) is 0 Å². The van der Waals surface area contributed by atoms with Gasteiger partial charge in [-0.05, 0) is 29.0 Å². The third kappa shape index (κ3) is 2.41. The lowest BCUT2D eigenvalue weighted by molar-refractivity contribution is 0.593. The average molecular weight is 270 g/mol. The number of para-hydroxylation sites is 2. The van der Waals surface area contributed by atoms with Gasteiger partial charge in [-0.2, -0.15) is 0 Å². The first kappa shape index (κ1) is 12.8. The van der Waals surface area contributed by atoms with Gasteiger partial charge in [0.1, 0.15) is 0 Å². The molecule has 0 aliphatic carbocycles. The molecule has 2 heterocycles. The fourth-order valence-corrected chi connectivity index (χ4v) is 2.43. The Morgan fingerprint density at radius 3 is 2.85 bits per heavy atom. The normalized spacial score (nSPS) is 11.2. The van der Waals surface area contributed by atoms with Crippen molar-refractivity contribution in [3.8, 4) is 11.6 Å². The van der Waals surface area contributed by atoms with Gasteiger partial charge in [-0.15, -0.1) is 5.10 Å². The molecule has 2 aromatic heterocycles. The molecule has 0 radical (unpaired) electrons. The summed E-state index contributed by atoms with van der Waals surface area (Å²) in [6.45, 7) is 3.16. The molecule has 0 atom stereocenters. The first-order valence-corrected chi connectivity index (χ1v) is 7.09. The molecule has 1 N–H and O–H groups in total. The summed E-state index contributed by atoms with van der Waals surface area (Å²) in [6, 6.07) is 8.15. The average Bonchev–Trinajstić information content (AvgIpc) is 3.11. The van der Waals surface area contributed by atoms with Crippen LogP contribution in [0.5, 0.6) is 0 Å². The van der Waals surface area contributed by atoms with Crippen LogP contribution in [-0.4, -0.2) is 30.2 Å². The second-order valence-electron chi connectivity index (χ2n) is 4.89. The predicted molar refractivity (Wildman–Crippen MR) is 77.0 cm³/mol. The number of unbranched alkanes of at least 4 members (excludes halogenated alkanes) is 3. The van der Waals surface area contributed by atoms with Gasteiger partial charge in [0.2, 0.25) is 5.82 Å². The van der Waals surface area contributed by atoms with Gasteiger partial charge >= 0.3 is 0 Å². The van der Waals surface area contributed by atoms with E-state index < -0.39 is 0 Å². The predicted octanol–water partition coefficient (Wildman–Crippen LogP) is 2.80. The Balaban J connectivity index is 1.96. The van der Waals surface area contributed by atoms with Crippen molar-refractivity contribution in [3.05, 3.63) is 24.3 Å². The summed E-state index contributed by atoms with van der Waals surface area (Å²) >= 11 is 0. The highest BCUT2D eigenvalue weighted by atomic mass is 15.5. The van der Waals surface area contributed by atoms with Crippen molar-refractivity contribution in [2.75, 3.05) is 0 Å². The number of aryl methyl sites for hydroxylation is 1. The number of H-pyrrole nitrogens is 1.